The second-order valence-electron chi connectivity index (χ2n) is 7.51. The van der Waals surface area contributed by atoms with Gasteiger partial charge in [-0.3, -0.25) is 14.4 Å². The lowest BCUT2D eigenvalue weighted by Gasteiger charge is -2.37. The van der Waals surface area contributed by atoms with Gasteiger partial charge in [-0.2, -0.15) is 0 Å². The van der Waals surface area contributed by atoms with Crippen LogP contribution in [0.15, 0.2) is 47.1 Å². The average molecular weight is 383 g/mol. The summed E-state index contributed by atoms with van der Waals surface area (Å²) in [5.41, 5.74) is 0.482. The lowest BCUT2D eigenvalue weighted by atomic mass is 9.89. The summed E-state index contributed by atoms with van der Waals surface area (Å²) in [4.78, 5) is 41.3. The van der Waals surface area contributed by atoms with Crippen molar-refractivity contribution in [3.63, 3.8) is 0 Å². The van der Waals surface area contributed by atoms with Gasteiger partial charge in [-0.15, -0.1) is 0 Å². The molecule has 0 atom stereocenters. The standard InChI is InChI=1S/C21H25N3O4/c1-15-6-4-7-16(14-15)22-19(26)21(2,3)20(27)24-11-9-23(10-12-24)18(25)17-8-5-13-28-17/h4-8,13-14H,9-12H2,1-3H3,(H,22,26). The maximum atomic E-state index is 13.0. The molecule has 1 saturated heterocycles. The summed E-state index contributed by atoms with van der Waals surface area (Å²) in [5.74, 6) is -0.494. The zero-order valence-corrected chi connectivity index (χ0v) is 16.4. The molecule has 0 unspecified atom stereocenters. The average Bonchev–Trinajstić information content (AvgIpc) is 3.21. The van der Waals surface area contributed by atoms with E-state index in [4.69, 9.17) is 4.42 Å². The number of benzene rings is 1. The molecule has 148 valence electrons. The molecule has 28 heavy (non-hydrogen) atoms. The minimum absolute atomic E-state index is 0.187. The number of amides is 3. The van der Waals surface area contributed by atoms with E-state index >= 15 is 0 Å². The van der Waals surface area contributed by atoms with Crippen LogP contribution >= 0.6 is 0 Å². The highest BCUT2D eigenvalue weighted by atomic mass is 16.3. The minimum atomic E-state index is -1.21. The molecule has 0 saturated carbocycles. The van der Waals surface area contributed by atoms with Gasteiger partial charge in [-0.05, 0) is 50.6 Å². The number of carbonyl (C=O) groups is 3. The molecule has 7 nitrogen and oxygen atoms in total. The normalized spacial score (nSPS) is 14.7. The van der Waals surface area contributed by atoms with Crippen LogP contribution in [0.3, 0.4) is 0 Å². The van der Waals surface area contributed by atoms with Gasteiger partial charge in [0.1, 0.15) is 5.41 Å². The van der Waals surface area contributed by atoms with Crippen LogP contribution in [-0.4, -0.2) is 53.7 Å². The van der Waals surface area contributed by atoms with Gasteiger partial charge in [0.25, 0.3) is 5.91 Å². The molecule has 1 aromatic carbocycles. The summed E-state index contributed by atoms with van der Waals surface area (Å²) in [6, 6.07) is 10.7. The Hall–Kier alpha value is -3.09. The Morgan fingerprint density at radius 1 is 1.00 bits per heavy atom. The van der Waals surface area contributed by atoms with E-state index in [-0.39, 0.29) is 23.5 Å². The number of rotatable bonds is 4. The molecule has 0 bridgehead atoms. The maximum Gasteiger partial charge on any atom is 0.289 e. The highest BCUT2D eigenvalue weighted by Gasteiger charge is 2.40. The largest absolute Gasteiger partial charge is 0.459 e. The van der Waals surface area contributed by atoms with E-state index in [2.05, 4.69) is 5.32 Å². The van der Waals surface area contributed by atoms with Crippen LogP contribution in [0, 0.1) is 12.3 Å². The summed E-state index contributed by atoms with van der Waals surface area (Å²) in [6.07, 6.45) is 1.46. The minimum Gasteiger partial charge on any atom is -0.459 e. The smallest absolute Gasteiger partial charge is 0.289 e. The topological polar surface area (TPSA) is 82.9 Å². The van der Waals surface area contributed by atoms with Crippen LogP contribution in [0.25, 0.3) is 0 Å². The fourth-order valence-electron chi connectivity index (χ4n) is 3.17. The molecule has 1 fully saturated rings. The van der Waals surface area contributed by atoms with E-state index in [1.54, 1.807) is 41.8 Å². The van der Waals surface area contributed by atoms with Crippen LogP contribution < -0.4 is 5.32 Å². The molecule has 0 aliphatic carbocycles. The van der Waals surface area contributed by atoms with Crippen molar-refractivity contribution < 1.29 is 18.8 Å². The van der Waals surface area contributed by atoms with Gasteiger partial charge in [-0.1, -0.05) is 12.1 Å². The van der Waals surface area contributed by atoms with Gasteiger partial charge in [0, 0.05) is 31.9 Å². The fraction of sp³-hybridized carbons (Fsp3) is 0.381. The van der Waals surface area contributed by atoms with Crippen molar-refractivity contribution in [1.29, 1.82) is 0 Å². The molecule has 0 radical (unpaired) electrons. The van der Waals surface area contributed by atoms with E-state index < -0.39 is 5.41 Å². The predicted molar refractivity (Wildman–Crippen MR) is 105 cm³/mol. The summed E-state index contributed by atoms with van der Waals surface area (Å²) in [5, 5.41) is 2.83. The first kappa shape index (κ1) is 19.7. The van der Waals surface area contributed by atoms with Gasteiger partial charge in [-0.25, -0.2) is 0 Å². The van der Waals surface area contributed by atoms with Gasteiger partial charge < -0.3 is 19.5 Å². The Morgan fingerprint density at radius 3 is 2.29 bits per heavy atom. The Labute approximate surface area is 164 Å². The molecule has 2 aromatic rings. The van der Waals surface area contributed by atoms with Crippen LogP contribution in [-0.2, 0) is 9.59 Å². The van der Waals surface area contributed by atoms with E-state index in [1.165, 1.54) is 6.26 Å². The highest BCUT2D eigenvalue weighted by molar-refractivity contribution is 6.10. The van der Waals surface area contributed by atoms with Crippen molar-refractivity contribution in [3.05, 3.63) is 54.0 Å². The zero-order chi connectivity index (χ0) is 20.3. The van der Waals surface area contributed by atoms with Crippen molar-refractivity contribution >= 4 is 23.4 Å². The van der Waals surface area contributed by atoms with Crippen molar-refractivity contribution in [1.82, 2.24) is 9.80 Å². The monoisotopic (exact) mass is 383 g/mol. The van der Waals surface area contributed by atoms with Crippen molar-refractivity contribution in [2.75, 3.05) is 31.5 Å². The number of anilines is 1. The highest BCUT2D eigenvalue weighted by Crippen LogP contribution is 2.23. The van der Waals surface area contributed by atoms with E-state index in [1.807, 2.05) is 25.1 Å². The molecule has 3 amide bonds. The number of nitrogens with zero attached hydrogens (tertiary/aromatic N) is 2. The van der Waals surface area contributed by atoms with E-state index in [9.17, 15) is 14.4 Å². The van der Waals surface area contributed by atoms with Crippen molar-refractivity contribution in [3.8, 4) is 0 Å². The number of aryl methyl sites for hydroxylation is 1. The molecule has 1 N–H and O–H groups in total. The summed E-state index contributed by atoms with van der Waals surface area (Å²) in [6.45, 7) is 6.76. The SMILES string of the molecule is Cc1cccc(NC(=O)C(C)(C)C(=O)N2CCN(C(=O)c3ccco3)CC2)c1. The molecule has 2 heterocycles. The van der Waals surface area contributed by atoms with Crippen LogP contribution in [0.5, 0.6) is 0 Å². The number of hydrogen-bond donors (Lipinski definition) is 1. The number of carbonyl (C=O) groups excluding carboxylic acids is 3. The van der Waals surface area contributed by atoms with Gasteiger partial charge >= 0.3 is 0 Å². The first-order valence-corrected chi connectivity index (χ1v) is 9.29. The number of furan rings is 1. The quantitative estimate of drug-likeness (QED) is 0.823. The Bertz CT molecular complexity index is 866. The second kappa shape index (κ2) is 7.88. The lowest BCUT2D eigenvalue weighted by Crippen LogP contribution is -2.55. The van der Waals surface area contributed by atoms with E-state index in [0.717, 1.165) is 5.56 Å². The van der Waals surface area contributed by atoms with Crippen molar-refractivity contribution in [2.24, 2.45) is 5.41 Å². The number of piperazine rings is 1. The van der Waals surface area contributed by atoms with Gasteiger partial charge in [0.2, 0.25) is 11.8 Å². The zero-order valence-electron chi connectivity index (χ0n) is 16.4. The van der Waals surface area contributed by atoms with E-state index in [0.29, 0.717) is 31.9 Å². The molecule has 1 aliphatic heterocycles. The molecule has 0 spiro atoms. The number of nitrogens with one attached hydrogen (secondary N) is 1. The Morgan fingerprint density at radius 2 is 1.68 bits per heavy atom. The molecular formula is C21H25N3O4. The molecule has 1 aliphatic rings. The van der Waals surface area contributed by atoms with Crippen LogP contribution in [0.2, 0.25) is 0 Å². The molecule has 3 rings (SSSR count). The third-order valence-electron chi connectivity index (χ3n) is 4.96. The molecule has 7 heteroatoms. The maximum absolute atomic E-state index is 13.0. The summed E-state index contributed by atoms with van der Waals surface area (Å²) < 4.78 is 5.15. The number of hydrogen-bond acceptors (Lipinski definition) is 4. The van der Waals surface area contributed by atoms with Gasteiger partial charge in [0.05, 0.1) is 6.26 Å². The molecular weight excluding hydrogens is 358 g/mol. The third kappa shape index (κ3) is 4.08. The Kier molecular flexibility index (Phi) is 5.53. The second-order valence-corrected chi connectivity index (χ2v) is 7.51. The van der Waals surface area contributed by atoms with Crippen LogP contribution in [0.1, 0.15) is 30.0 Å². The first-order chi connectivity index (χ1) is 13.3. The molecule has 1 aromatic heterocycles. The summed E-state index contributed by atoms with van der Waals surface area (Å²) >= 11 is 0. The summed E-state index contributed by atoms with van der Waals surface area (Å²) in [7, 11) is 0. The predicted octanol–water partition coefficient (Wildman–Crippen LogP) is 2.54. The Balaban J connectivity index is 1.60. The third-order valence-corrected chi connectivity index (χ3v) is 4.96. The van der Waals surface area contributed by atoms with Crippen molar-refractivity contribution in [2.45, 2.75) is 20.8 Å². The van der Waals surface area contributed by atoms with Crippen LogP contribution in [0.4, 0.5) is 5.69 Å². The van der Waals surface area contributed by atoms with Gasteiger partial charge in [0.15, 0.2) is 5.76 Å². The fourth-order valence-corrected chi connectivity index (χ4v) is 3.17. The first-order valence-electron chi connectivity index (χ1n) is 9.29. The lowest BCUT2D eigenvalue weighted by molar-refractivity contribution is -0.147.